The molecule has 1 aromatic rings. The van der Waals surface area contributed by atoms with E-state index in [1.54, 1.807) is 7.11 Å². The van der Waals surface area contributed by atoms with Crippen LogP contribution in [-0.2, 0) is 0 Å². The molecule has 0 bridgehead atoms. The van der Waals surface area contributed by atoms with Crippen molar-refractivity contribution in [3.63, 3.8) is 0 Å². The molecule has 128 valence electrons. The molecule has 0 spiro atoms. The van der Waals surface area contributed by atoms with Crippen LogP contribution < -0.4 is 14.8 Å². The fraction of sp³-hybridized carbons (Fsp3) is 0.588. The largest absolute Gasteiger partial charge is 0.492 e. The summed E-state index contributed by atoms with van der Waals surface area (Å²) in [7, 11) is 1.57. The quantitative estimate of drug-likeness (QED) is 0.674. The minimum Gasteiger partial charge on any atom is -0.492 e. The third kappa shape index (κ3) is 4.50. The molecular formula is C17H25IN2O3. The summed E-state index contributed by atoms with van der Waals surface area (Å²) < 4.78 is 12.0. The van der Waals surface area contributed by atoms with Crippen molar-refractivity contribution in [3.8, 4) is 11.5 Å². The highest BCUT2D eigenvalue weighted by Crippen LogP contribution is 2.33. The molecular weight excluding hydrogens is 407 g/mol. The van der Waals surface area contributed by atoms with Crippen LogP contribution in [0.1, 0.15) is 37.0 Å². The van der Waals surface area contributed by atoms with Gasteiger partial charge in [0, 0.05) is 16.2 Å². The predicted molar refractivity (Wildman–Crippen MR) is 99.5 cm³/mol. The lowest BCUT2D eigenvalue weighted by molar-refractivity contribution is 0.0937. The first-order valence-corrected chi connectivity index (χ1v) is 9.21. The predicted octanol–water partition coefficient (Wildman–Crippen LogP) is 2.91. The molecule has 1 N–H and O–H groups in total. The van der Waals surface area contributed by atoms with E-state index >= 15 is 0 Å². The van der Waals surface area contributed by atoms with E-state index in [0.717, 1.165) is 23.1 Å². The maximum absolute atomic E-state index is 12.6. The number of benzene rings is 1. The molecule has 23 heavy (non-hydrogen) atoms. The van der Waals surface area contributed by atoms with E-state index in [-0.39, 0.29) is 5.91 Å². The van der Waals surface area contributed by atoms with Gasteiger partial charge in [-0.2, -0.15) is 0 Å². The van der Waals surface area contributed by atoms with Crippen molar-refractivity contribution in [2.75, 3.05) is 33.4 Å². The lowest BCUT2D eigenvalue weighted by atomic mass is 10.1. The van der Waals surface area contributed by atoms with Crippen LogP contribution in [0.2, 0.25) is 0 Å². The molecule has 1 aliphatic heterocycles. The molecule has 0 radical (unpaired) electrons. The molecule has 1 atom stereocenters. The highest BCUT2D eigenvalue weighted by atomic mass is 127. The third-order valence-electron chi connectivity index (χ3n) is 4.17. The van der Waals surface area contributed by atoms with Gasteiger partial charge < -0.3 is 14.8 Å². The Morgan fingerprint density at radius 3 is 2.87 bits per heavy atom. The fourth-order valence-electron chi connectivity index (χ4n) is 3.06. The highest BCUT2D eigenvalue weighted by molar-refractivity contribution is 14.1. The van der Waals surface area contributed by atoms with E-state index in [1.807, 2.05) is 19.1 Å². The number of ether oxygens (including phenoxy) is 2. The van der Waals surface area contributed by atoms with Crippen LogP contribution in [0.5, 0.6) is 11.5 Å². The molecule has 6 heteroatoms. The molecule has 1 heterocycles. The summed E-state index contributed by atoms with van der Waals surface area (Å²) in [5.74, 6) is 1.01. The number of nitrogens with zero attached hydrogens (tertiary/aromatic N) is 1. The van der Waals surface area contributed by atoms with Crippen LogP contribution in [-0.4, -0.2) is 50.2 Å². The number of nitrogens with one attached hydrogen (secondary N) is 1. The Morgan fingerprint density at radius 1 is 1.43 bits per heavy atom. The summed E-state index contributed by atoms with van der Waals surface area (Å²) in [5.41, 5.74) is 0.531. The van der Waals surface area contributed by atoms with Gasteiger partial charge in [-0.25, -0.2) is 0 Å². The van der Waals surface area contributed by atoms with Crippen LogP contribution in [0.3, 0.4) is 0 Å². The zero-order valence-electron chi connectivity index (χ0n) is 14.0. The standard InChI is InChI=1S/C17H25IN2O3/c1-4-20-8-6-7-13(20)11-19-17(21)14-9-12(18)10-15(23-5-2)16(14)22-3/h9-10,13H,4-8,11H2,1-3H3,(H,19,21). The summed E-state index contributed by atoms with van der Waals surface area (Å²) in [6.07, 6.45) is 2.34. The number of carbonyl (C=O) groups is 1. The van der Waals surface area contributed by atoms with Gasteiger partial charge in [0.1, 0.15) is 0 Å². The second kappa shape index (κ2) is 8.73. The Balaban J connectivity index is 2.12. The van der Waals surface area contributed by atoms with Crippen molar-refractivity contribution in [2.24, 2.45) is 0 Å². The van der Waals surface area contributed by atoms with Crippen molar-refractivity contribution in [3.05, 3.63) is 21.3 Å². The fourth-order valence-corrected chi connectivity index (χ4v) is 3.65. The molecule has 5 nitrogen and oxygen atoms in total. The SMILES string of the molecule is CCOc1cc(I)cc(C(=O)NCC2CCCN2CC)c1OC. The number of likely N-dealkylation sites (tertiary alicyclic amines) is 1. The van der Waals surface area contributed by atoms with Gasteiger partial charge in [0.05, 0.1) is 19.3 Å². The Hall–Kier alpha value is -1.02. The first-order chi connectivity index (χ1) is 11.1. The Labute approximate surface area is 151 Å². The molecule has 1 amide bonds. The first-order valence-electron chi connectivity index (χ1n) is 8.13. The number of amides is 1. The van der Waals surface area contributed by atoms with Crippen LogP contribution in [0.4, 0.5) is 0 Å². The van der Waals surface area contributed by atoms with Gasteiger partial charge in [-0.1, -0.05) is 6.92 Å². The molecule has 1 unspecified atom stereocenters. The second-order valence-corrected chi connectivity index (χ2v) is 6.80. The topological polar surface area (TPSA) is 50.8 Å². The van der Waals surface area contributed by atoms with Crippen molar-refractivity contribution in [1.29, 1.82) is 0 Å². The van der Waals surface area contributed by atoms with Gasteiger partial charge in [-0.15, -0.1) is 0 Å². The van der Waals surface area contributed by atoms with Crippen molar-refractivity contribution < 1.29 is 14.3 Å². The van der Waals surface area contributed by atoms with Gasteiger partial charge in [0.15, 0.2) is 11.5 Å². The summed E-state index contributed by atoms with van der Waals surface area (Å²) in [5, 5.41) is 3.06. The summed E-state index contributed by atoms with van der Waals surface area (Å²) >= 11 is 2.19. The second-order valence-electron chi connectivity index (χ2n) is 5.55. The van der Waals surface area contributed by atoms with Crippen molar-refractivity contribution in [2.45, 2.75) is 32.7 Å². The maximum atomic E-state index is 12.6. The number of hydrogen-bond acceptors (Lipinski definition) is 4. The van der Waals surface area contributed by atoms with Crippen LogP contribution in [0, 0.1) is 3.57 Å². The van der Waals surface area contributed by atoms with E-state index in [4.69, 9.17) is 9.47 Å². The lowest BCUT2D eigenvalue weighted by Crippen LogP contribution is -2.40. The van der Waals surface area contributed by atoms with Crippen molar-refractivity contribution in [1.82, 2.24) is 10.2 Å². The Morgan fingerprint density at radius 2 is 2.22 bits per heavy atom. The molecule has 2 rings (SSSR count). The number of rotatable bonds is 7. The van der Waals surface area contributed by atoms with Gasteiger partial charge in [-0.05, 0) is 67.6 Å². The molecule has 0 aliphatic carbocycles. The zero-order valence-corrected chi connectivity index (χ0v) is 16.2. The highest BCUT2D eigenvalue weighted by Gasteiger charge is 2.24. The third-order valence-corrected chi connectivity index (χ3v) is 4.79. The smallest absolute Gasteiger partial charge is 0.255 e. The van der Waals surface area contributed by atoms with E-state index in [2.05, 4.69) is 39.7 Å². The van der Waals surface area contributed by atoms with Crippen LogP contribution in [0.25, 0.3) is 0 Å². The molecule has 1 aromatic carbocycles. The first kappa shape index (κ1) is 18.3. The van der Waals surface area contributed by atoms with Gasteiger partial charge in [0.25, 0.3) is 5.91 Å². The van der Waals surface area contributed by atoms with Crippen LogP contribution >= 0.6 is 22.6 Å². The monoisotopic (exact) mass is 432 g/mol. The molecule has 1 aliphatic rings. The lowest BCUT2D eigenvalue weighted by Gasteiger charge is -2.23. The molecule has 0 saturated carbocycles. The van der Waals surface area contributed by atoms with E-state index in [1.165, 1.54) is 6.42 Å². The van der Waals surface area contributed by atoms with Crippen molar-refractivity contribution >= 4 is 28.5 Å². The summed E-state index contributed by atoms with van der Waals surface area (Å²) in [6, 6.07) is 4.16. The van der Waals surface area contributed by atoms with Crippen LogP contribution in [0.15, 0.2) is 12.1 Å². The van der Waals surface area contributed by atoms with E-state index in [9.17, 15) is 4.79 Å². The number of halogens is 1. The number of methoxy groups -OCH3 is 1. The summed E-state index contributed by atoms with van der Waals surface area (Å²) in [6.45, 7) is 7.44. The molecule has 0 aromatic heterocycles. The van der Waals surface area contributed by atoms with Gasteiger partial charge in [0.2, 0.25) is 0 Å². The maximum Gasteiger partial charge on any atom is 0.255 e. The summed E-state index contributed by atoms with van der Waals surface area (Å²) in [4.78, 5) is 15.0. The number of likely N-dealkylation sites (N-methyl/N-ethyl adjacent to an activating group) is 1. The Bertz CT molecular complexity index is 551. The van der Waals surface area contributed by atoms with E-state index in [0.29, 0.717) is 36.3 Å². The number of carbonyl (C=O) groups excluding carboxylic acids is 1. The normalized spacial score (nSPS) is 18.0. The molecule has 1 fully saturated rings. The van der Waals surface area contributed by atoms with Gasteiger partial charge >= 0.3 is 0 Å². The average Bonchev–Trinajstić information content (AvgIpc) is 3.00. The van der Waals surface area contributed by atoms with E-state index < -0.39 is 0 Å². The minimum absolute atomic E-state index is 0.107. The molecule has 1 saturated heterocycles. The minimum atomic E-state index is -0.107. The Kier molecular flexibility index (Phi) is 6.95. The average molecular weight is 432 g/mol. The zero-order chi connectivity index (χ0) is 16.8. The van der Waals surface area contributed by atoms with Gasteiger partial charge in [-0.3, -0.25) is 9.69 Å². The number of hydrogen-bond donors (Lipinski definition) is 1.